The first-order chi connectivity index (χ1) is 7.15. The zero-order valence-electron chi connectivity index (χ0n) is 8.35. The minimum Gasteiger partial charge on any atom is -0.258 e. The predicted octanol–water partition coefficient (Wildman–Crippen LogP) is 3.56. The van der Waals surface area contributed by atoms with Crippen LogP contribution < -0.4 is 0 Å². The molecule has 1 aromatic rings. The Labute approximate surface area is 98.0 Å². The van der Waals surface area contributed by atoms with Gasteiger partial charge in [-0.3, -0.25) is 10.1 Å². The summed E-state index contributed by atoms with van der Waals surface area (Å²) in [6.07, 6.45) is 0. The number of nitrogens with zero attached hydrogens (tertiary/aromatic N) is 1. The SMILES string of the molecule is CC(CCl)CSc1ccccc1[N+](=O)[O-]. The lowest BCUT2D eigenvalue weighted by molar-refractivity contribution is -0.387. The van der Waals surface area contributed by atoms with Gasteiger partial charge in [0.2, 0.25) is 0 Å². The van der Waals surface area contributed by atoms with E-state index >= 15 is 0 Å². The van der Waals surface area contributed by atoms with Crippen molar-refractivity contribution in [1.82, 2.24) is 0 Å². The highest BCUT2D eigenvalue weighted by atomic mass is 35.5. The predicted molar refractivity (Wildman–Crippen MR) is 63.7 cm³/mol. The summed E-state index contributed by atoms with van der Waals surface area (Å²) in [7, 11) is 0. The molecule has 1 unspecified atom stereocenters. The highest BCUT2D eigenvalue weighted by molar-refractivity contribution is 7.99. The Hall–Kier alpha value is -0.740. The molecular weight excluding hydrogens is 234 g/mol. The van der Waals surface area contributed by atoms with Crippen LogP contribution in [0.5, 0.6) is 0 Å². The highest BCUT2D eigenvalue weighted by Gasteiger charge is 2.13. The largest absolute Gasteiger partial charge is 0.282 e. The van der Waals surface area contributed by atoms with E-state index in [2.05, 4.69) is 0 Å². The minimum absolute atomic E-state index is 0.171. The Balaban J connectivity index is 2.72. The van der Waals surface area contributed by atoms with Crippen molar-refractivity contribution < 1.29 is 4.92 Å². The zero-order valence-corrected chi connectivity index (χ0v) is 9.92. The van der Waals surface area contributed by atoms with Gasteiger partial charge in [-0.2, -0.15) is 0 Å². The molecule has 0 fully saturated rings. The molecule has 5 heteroatoms. The first kappa shape index (κ1) is 12.3. The maximum atomic E-state index is 10.7. The van der Waals surface area contributed by atoms with Crippen LogP contribution in [0, 0.1) is 16.0 Å². The van der Waals surface area contributed by atoms with Crippen LogP contribution in [0.4, 0.5) is 5.69 Å². The minimum atomic E-state index is -0.353. The number of benzene rings is 1. The van der Waals surface area contributed by atoms with E-state index in [1.54, 1.807) is 18.2 Å². The Morgan fingerprint density at radius 1 is 1.53 bits per heavy atom. The summed E-state index contributed by atoms with van der Waals surface area (Å²) in [4.78, 5) is 11.1. The second kappa shape index (κ2) is 5.98. The average Bonchev–Trinajstić information content (AvgIpc) is 2.26. The van der Waals surface area contributed by atoms with E-state index in [1.165, 1.54) is 17.8 Å². The molecule has 0 heterocycles. The van der Waals surface area contributed by atoms with Crippen LogP contribution in [0.1, 0.15) is 6.92 Å². The van der Waals surface area contributed by atoms with Crippen LogP contribution in [0.3, 0.4) is 0 Å². The summed E-state index contributed by atoms with van der Waals surface area (Å²) in [6.45, 7) is 2.02. The van der Waals surface area contributed by atoms with Crippen molar-refractivity contribution in [3.05, 3.63) is 34.4 Å². The van der Waals surface area contributed by atoms with Crippen LogP contribution in [-0.4, -0.2) is 16.6 Å². The Morgan fingerprint density at radius 3 is 2.80 bits per heavy atom. The van der Waals surface area contributed by atoms with Crippen molar-refractivity contribution in [2.75, 3.05) is 11.6 Å². The molecule has 0 aliphatic rings. The van der Waals surface area contributed by atoms with E-state index in [1.807, 2.05) is 6.92 Å². The smallest absolute Gasteiger partial charge is 0.258 e. The zero-order chi connectivity index (χ0) is 11.3. The molecule has 0 aromatic heterocycles. The van der Waals surface area contributed by atoms with Crippen LogP contribution in [0.2, 0.25) is 0 Å². The van der Waals surface area contributed by atoms with Gasteiger partial charge in [0.1, 0.15) is 0 Å². The highest BCUT2D eigenvalue weighted by Crippen LogP contribution is 2.29. The molecule has 1 atom stereocenters. The van der Waals surface area contributed by atoms with Gasteiger partial charge < -0.3 is 0 Å². The van der Waals surface area contributed by atoms with Crippen molar-refractivity contribution in [2.45, 2.75) is 11.8 Å². The summed E-state index contributed by atoms with van der Waals surface area (Å²) in [5.41, 5.74) is 0.171. The molecule has 0 saturated carbocycles. The van der Waals surface area contributed by atoms with Gasteiger partial charge in [0.25, 0.3) is 5.69 Å². The Bertz CT molecular complexity index is 346. The fourth-order valence-electron chi connectivity index (χ4n) is 1.01. The van der Waals surface area contributed by atoms with E-state index in [4.69, 9.17) is 11.6 Å². The fourth-order valence-corrected chi connectivity index (χ4v) is 2.29. The van der Waals surface area contributed by atoms with Crippen molar-refractivity contribution in [1.29, 1.82) is 0 Å². The molecule has 15 heavy (non-hydrogen) atoms. The summed E-state index contributed by atoms with van der Waals surface area (Å²) < 4.78 is 0. The van der Waals surface area contributed by atoms with Gasteiger partial charge in [0.05, 0.1) is 9.82 Å². The molecule has 1 aromatic carbocycles. The van der Waals surface area contributed by atoms with E-state index in [-0.39, 0.29) is 10.6 Å². The number of halogens is 1. The molecule has 0 radical (unpaired) electrons. The molecule has 0 N–H and O–H groups in total. The summed E-state index contributed by atoms with van der Waals surface area (Å²) >= 11 is 7.16. The van der Waals surface area contributed by atoms with Gasteiger partial charge in [-0.1, -0.05) is 19.1 Å². The van der Waals surface area contributed by atoms with E-state index in [0.717, 1.165) is 5.75 Å². The van der Waals surface area contributed by atoms with Gasteiger partial charge in [-0.05, 0) is 12.0 Å². The maximum Gasteiger partial charge on any atom is 0.282 e. The molecule has 3 nitrogen and oxygen atoms in total. The number of hydrogen-bond donors (Lipinski definition) is 0. The molecule has 0 saturated heterocycles. The quantitative estimate of drug-likeness (QED) is 0.345. The summed E-state index contributed by atoms with van der Waals surface area (Å²) in [5.74, 6) is 1.73. The molecule has 0 aliphatic carbocycles. The van der Waals surface area contributed by atoms with Crippen molar-refractivity contribution in [3.8, 4) is 0 Å². The average molecular weight is 246 g/mol. The molecule has 0 bridgehead atoms. The summed E-state index contributed by atoms with van der Waals surface area (Å²) in [5, 5.41) is 10.7. The molecule has 0 amide bonds. The molecule has 1 rings (SSSR count). The van der Waals surface area contributed by atoms with Gasteiger partial charge in [-0.15, -0.1) is 23.4 Å². The molecule has 0 spiro atoms. The molecule has 0 aliphatic heterocycles. The Kier molecular flexibility index (Phi) is 4.91. The number of nitro groups is 1. The van der Waals surface area contributed by atoms with Crippen LogP contribution >= 0.6 is 23.4 Å². The molecule has 82 valence electrons. The van der Waals surface area contributed by atoms with E-state index in [9.17, 15) is 10.1 Å². The van der Waals surface area contributed by atoms with Gasteiger partial charge in [0, 0.05) is 17.7 Å². The van der Waals surface area contributed by atoms with Crippen LogP contribution in [-0.2, 0) is 0 Å². The van der Waals surface area contributed by atoms with Gasteiger partial charge in [0.15, 0.2) is 0 Å². The number of thioether (sulfide) groups is 1. The number of para-hydroxylation sites is 1. The third-order valence-electron chi connectivity index (χ3n) is 1.85. The number of nitro benzene ring substituents is 1. The lowest BCUT2D eigenvalue weighted by atomic mass is 10.3. The third kappa shape index (κ3) is 3.72. The lowest BCUT2D eigenvalue weighted by Crippen LogP contribution is -1.99. The van der Waals surface area contributed by atoms with Gasteiger partial charge >= 0.3 is 0 Å². The first-order valence-corrected chi connectivity index (χ1v) is 6.09. The fraction of sp³-hybridized carbons (Fsp3) is 0.400. The molecular formula is C10H12ClNO2S. The monoisotopic (exact) mass is 245 g/mol. The maximum absolute atomic E-state index is 10.7. The van der Waals surface area contributed by atoms with E-state index in [0.29, 0.717) is 16.7 Å². The summed E-state index contributed by atoms with van der Waals surface area (Å²) in [6, 6.07) is 6.77. The van der Waals surface area contributed by atoms with Crippen LogP contribution in [0.15, 0.2) is 29.2 Å². The Morgan fingerprint density at radius 2 is 2.20 bits per heavy atom. The second-order valence-corrected chi connectivity index (χ2v) is 4.67. The third-order valence-corrected chi connectivity index (χ3v) is 3.77. The van der Waals surface area contributed by atoms with Crippen molar-refractivity contribution in [2.24, 2.45) is 5.92 Å². The second-order valence-electron chi connectivity index (χ2n) is 3.30. The van der Waals surface area contributed by atoms with E-state index < -0.39 is 0 Å². The lowest BCUT2D eigenvalue weighted by Gasteiger charge is -2.06. The van der Waals surface area contributed by atoms with Crippen molar-refractivity contribution >= 4 is 29.1 Å². The van der Waals surface area contributed by atoms with Crippen LogP contribution in [0.25, 0.3) is 0 Å². The van der Waals surface area contributed by atoms with Crippen molar-refractivity contribution in [3.63, 3.8) is 0 Å². The normalized spacial score (nSPS) is 12.4. The van der Waals surface area contributed by atoms with Gasteiger partial charge in [-0.25, -0.2) is 0 Å². The standard InChI is InChI=1S/C10H12ClNO2S/c1-8(6-11)7-15-10-5-3-2-4-9(10)12(13)14/h2-5,8H,6-7H2,1H3. The number of alkyl halides is 1. The number of rotatable bonds is 5. The number of hydrogen-bond acceptors (Lipinski definition) is 3. The topological polar surface area (TPSA) is 43.1 Å². The first-order valence-electron chi connectivity index (χ1n) is 4.57.